The van der Waals surface area contributed by atoms with Crippen LogP contribution in [-0.4, -0.2) is 9.97 Å². The Hall–Kier alpha value is -0.390. The zero-order valence-electron chi connectivity index (χ0n) is 11.7. The van der Waals surface area contributed by atoms with Crippen LogP contribution in [-0.2, 0) is 6.42 Å². The van der Waals surface area contributed by atoms with Crippen LogP contribution in [0.3, 0.4) is 0 Å². The molecule has 19 heavy (non-hydrogen) atoms. The highest BCUT2D eigenvalue weighted by atomic mass is 127. The molecule has 0 aliphatic heterocycles. The number of rotatable bonds is 3. The molecule has 0 amide bonds. The van der Waals surface area contributed by atoms with Gasteiger partial charge in [-0.05, 0) is 66.0 Å². The molecule has 2 fully saturated rings. The van der Waals surface area contributed by atoms with Crippen molar-refractivity contribution in [3.63, 3.8) is 0 Å². The molecule has 1 heterocycles. The van der Waals surface area contributed by atoms with Crippen molar-refractivity contribution in [3.8, 4) is 0 Å². The zero-order valence-corrected chi connectivity index (χ0v) is 13.9. The molecule has 0 aromatic carbocycles. The highest BCUT2D eigenvalue weighted by Gasteiger charge is 2.41. The molecule has 4 heteroatoms. The largest absolute Gasteiger partial charge is 0.383 e. The summed E-state index contributed by atoms with van der Waals surface area (Å²) in [5.74, 6) is 4.63. The van der Waals surface area contributed by atoms with Crippen LogP contribution in [0.2, 0.25) is 0 Å². The Labute approximate surface area is 128 Å². The Morgan fingerprint density at radius 1 is 1.26 bits per heavy atom. The highest BCUT2D eigenvalue weighted by Crippen LogP contribution is 2.52. The Morgan fingerprint density at radius 3 is 2.63 bits per heavy atom. The molecule has 0 spiro atoms. The number of nitrogens with two attached hydrogens (primary N) is 1. The van der Waals surface area contributed by atoms with Gasteiger partial charge in [-0.2, -0.15) is 0 Å². The minimum atomic E-state index is 0.573. The molecule has 3 nitrogen and oxygen atoms in total. The van der Waals surface area contributed by atoms with Crippen LogP contribution in [0, 0.1) is 21.3 Å². The van der Waals surface area contributed by atoms with Crippen LogP contribution in [0.25, 0.3) is 0 Å². The number of hydrogen-bond donors (Lipinski definition) is 1. The molecule has 2 bridgehead atoms. The number of halogens is 1. The Bertz CT molecular complexity index is 487. The van der Waals surface area contributed by atoms with E-state index in [0.29, 0.717) is 17.7 Å². The lowest BCUT2D eigenvalue weighted by Gasteiger charge is -2.21. The molecule has 1 aromatic rings. The van der Waals surface area contributed by atoms with Crippen molar-refractivity contribution in [2.75, 3.05) is 5.73 Å². The fourth-order valence-electron chi connectivity index (χ4n) is 3.78. The SMILES string of the molecule is CC(C)Cc1nc(C2CC3CCC2C3)nc(N)c1I. The topological polar surface area (TPSA) is 51.8 Å². The fraction of sp³-hybridized carbons (Fsp3) is 0.733. The summed E-state index contributed by atoms with van der Waals surface area (Å²) in [7, 11) is 0. The third-order valence-corrected chi connectivity index (χ3v) is 5.81. The molecule has 2 aliphatic carbocycles. The van der Waals surface area contributed by atoms with Crippen molar-refractivity contribution in [1.82, 2.24) is 9.97 Å². The van der Waals surface area contributed by atoms with Gasteiger partial charge < -0.3 is 5.73 Å². The molecule has 0 radical (unpaired) electrons. The molecule has 3 unspecified atom stereocenters. The average Bonchev–Trinajstić information content (AvgIpc) is 2.96. The van der Waals surface area contributed by atoms with E-state index in [9.17, 15) is 0 Å². The van der Waals surface area contributed by atoms with Crippen LogP contribution in [0.15, 0.2) is 0 Å². The van der Waals surface area contributed by atoms with E-state index in [2.05, 4.69) is 41.4 Å². The summed E-state index contributed by atoms with van der Waals surface area (Å²) in [5.41, 5.74) is 7.26. The first-order valence-corrected chi connectivity index (χ1v) is 8.44. The molecule has 104 valence electrons. The third kappa shape index (κ3) is 2.60. The first-order chi connectivity index (χ1) is 9.04. The van der Waals surface area contributed by atoms with Gasteiger partial charge in [-0.3, -0.25) is 0 Å². The minimum Gasteiger partial charge on any atom is -0.383 e. The van der Waals surface area contributed by atoms with Crippen LogP contribution >= 0.6 is 22.6 Å². The number of anilines is 1. The molecular formula is C15H22IN3. The van der Waals surface area contributed by atoms with Gasteiger partial charge in [0.25, 0.3) is 0 Å². The molecule has 0 saturated heterocycles. The van der Waals surface area contributed by atoms with E-state index in [-0.39, 0.29) is 0 Å². The monoisotopic (exact) mass is 371 g/mol. The second-order valence-electron chi connectivity index (χ2n) is 6.61. The van der Waals surface area contributed by atoms with Crippen molar-refractivity contribution in [1.29, 1.82) is 0 Å². The van der Waals surface area contributed by atoms with Crippen LogP contribution in [0.4, 0.5) is 5.82 Å². The van der Waals surface area contributed by atoms with E-state index in [1.54, 1.807) is 0 Å². The summed E-state index contributed by atoms with van der Waals surface area (Å²) in [4.78, 5) is 9.48. The molecule has 2 aliphatic rings. The second kappa shape index (κ2) is 5.19. The molecule has 3 atom stereocenters. The van der Waals surface area contributed by atoms with Gasteiger partial charge in [0.2, 0.25) is 0 Å². The van der Waals surface area contributed by atoms with Gasteiger partial charge in [-0.25, -0.2) is 9.97 Å². The second-order valence-corrected chi connectivity index (χ2v) is 7.69. The summed E-state index contributed by atoms with van der Waals surface area (Å²) in [6, 6.07) is 0. The maximum absolute atomic E-state index is 6.10. The van der Waals surface area contributed by atoms with E-state index in [4.69, 9.17) is 10.7 Å². The summed E-state index contributed by atoms with van der Waals surface area (Å²) < 4.78 is 1.05. The normalized spacial score (nSPS) is 29.4. The summed E-state index contributed by atoms with van der Waals surface area (Å²) in [5, 5.41) is 0. The van der Waals surface area contributed by atoms with Crippen molar-refractivity contribution < 1.29 is 0 Å². The molecule has 1 aromatic heterocycles. The maximum atomic E-state index is 6.10. The minimum absolute atomic E-state index is 0.573. The highest BCUT2D eigenvalue weighted by molar-refractivity contribution is 14.1. The Morgan fingerprint density at radius 2 is 2.05 bits per heavy atom. The summed E-state index contributed by atoms with van der Waals surface area (Å²) in [6.45, 7) is 4.46. The van der Waals surface area contributed by atoms with Gasteiger partial charge >= 0.3 is 0 Å². The van der Waals surface area contributed by atoms with Gasteiger partial charge in [-0.15, -0.1) is 0 Å². The number of fused-ring (bicyclic) bond motifs is 2. The van der Waals surface area contributed by atoms with Crippen LogP contribution in [0.5, 0.6) is 0 Å². The number of nitrogen functional groups attached to an aromatic ring is 1. The van der Waals surface area contributed by atoms with Gasteiger partial charge in [0.15, 0.2) is 0 Å². The lowest BCUT2D eigenvalue weighted by Crippen LogP contribution is -2.16. The first-order valence-electron chi connectivity index (χ1n) is 7.36. The summed E-state index contributed by atoms with van der Waals surface area (Å²) in [6.07, 6.45) is 6.45. The molecule has 3 rings (SSSR count). The third-order valence-electron chi connectivity index (χ3n) is 4.63. The first kappa shape index (κ1) is 13.6. The van der Waals surface area contributed by atoms with E-state index in [1.165, 1.54) is 25.7 Å². The maximum Gasteiger partial charge on any atom is 0.140 e. The van der Waals surface area contributed by atoms with E-state index in [1.807, 2.05) is 0 Å². The summed E-state index contributed by atoms with van der Waals surface area (Å²) >= 11 is 2.29. The van der Waals surface area contributed by atoms with Crippen molar-refractivity contribution >= 4 is 28.4 Å². The van der Waals surface area contributed by atoms with Gasteiger partial charge in [-0.1, -0.05) is 20.3 Å². The Kier molecular flexibility index (Phi) is 3.71. The van der Waals surface area contributed by atoms with E-state index >= 15 is 0 Å². The van der Waals surface area contributed by atoms with E-state index in [0.717, 1.165) is 33.3 Å². The van der Waals surface area contributed by atoms with Crippen LogP contribution in [0.1, 0.15) is 57.0 Å². The average molecular weight is 371 g/mol. The van der Waals surface area contributed by atoms with E-state index < -0.39 is 0 Å². The van der Waals surface area contributed by atoms with Gasteiger partial charge in [0.05, 0.1) is 9.26 Å². The smallest absolute Gasteiger partial charge is 0.140 e. The lowest BCUT2D eigenvalue weighted by atomic mass is 9.88. The molecule has 2 N–H and O–H groups in total. The number of hydrogen-bond acceptors (Lipinski definition) is 3. The van der Waals surface area contributed by atoms with Crippen molar-refractivity contribution in [2.45, 2.75) is 51.9 Å². The number of nitrogens with zero attached hydrogens (tertiary/aromatic N) is 2. The van der Waals surface area contributed by atoms with Gasteiger partial charge in [0.1, 0.15) is 11.6 Å². The Balaban J connectivity index is 1.91. The quantitative estimate of drug-likeness (QED) is 0.823. The predicted molar refractivity (Wildman–Crippen MR) is 85.9 cm³/mol. The fourth-order valence-corrected chi connectivity index (χ4v) is 4.24. The number of aromatic nitrogens is 2. The lowest BCUT2D eigenvalue weighted by molar-refractivity contribution is 0.404. The van der Waals surface area contributed by atoms with Crippen LogP contribution < -0.4 is 5.73 Å². The van der Waals surface area contributed by atoms with Gasteiger partial charge in [0, 0.05) is 5.92 Å². The molecular weight excluding hydrogens is 349 g/mol. The standard InChI is InChI=1S/C15H22IN3/c1-8(2)5-12-13(16)14(17)19-15(18-12)11-7-9-3-4-10(11)6-9/h8-11H,3-7H2,1-2H3,(H2,17,18,19). The zero-order chi connectivity index (χ0) is 13.6. The van der Waals surface area contributed by atoms with Crippen molar-refractivity contribution in [3.05, 3.63) is 15.1 Å². The molecule has 2 saturated carbocycles. The van der Waals surface area contributed by atoms with Crippen molar-refractivity contribution in [2.24, 2.45) is 17.8 Å². The predicted octanol–water partition coefficient (Wildman–Crippen LogP) is 3.77.